The van der Waals surface area contributed by atoms with Gasteiger partial charge in [0.05, 0.1) is 5.02 Å². The van der Waals surface area contributed by atoms with Crippen molar-refractivity contribution in [2.75, 3.05) is 6.54 Å². The lowest BCUT2D eigenvalue weighted by Crippen LogP contribution is -2.27. The minimum Gasteiger partial charge on any atom is -0.242 e. The molecule has 2 rings (SSSR count). The van der Waals surface area contributed by atoms with Crippen molar-refractivity contribution in [3.8, 4) is 0 Å². The molecule has 4 nitrogen and oxygen atoms in total. The van der Waals surface area contributed by atoms with Gasteiger partial charge in [-0.1, -0.05) is 60.5 Å². The van der Waals surface area contributed by atoms with Gasteiger partial charge in [0.1, 0.15) is 10.0 Å². The van der Waals surface area contributed by atoms with Crippen LogP contribution in [0, 0.1) is 0 Å². The molecule has 0 fully saturated rings. The van der Waals surface area contributed by atoms with E-state index in [1.807, 2.05) is 37.3 Å². The first-order valence-electron chi connectivity index (χ1n) is 6.26. The molecular weight excluding hydrogens is 331 g/mol. The Morgan fingerprint density at radius 2 is 1.90 bits per heavy atom. The lowest BCUT2D eigenvalue weighted by atomic mass is 10.0. The Hall–Kier alpha value is -1.14. The standard InChI is InChI=1S/C14H14Cl2N2O2S/c1-10(11-5-3-2-4-6-11)8-18-21(19,20)12-7-13(15)14(16)17-9-12/h2-7,9-10,18H,8H2,1H3. The van der Waals surface area contributed by atoms with Gasteiger partial charge < -0.3 is 0 Å². The molecule has 1 N–H and O–H groups in total. The predicted octanol–water partition coefficient (Wildman–Crippen LogP) is 3.47. The molecule has 0 amide bonds. The SMILES string of the molecule is CC(CNS(=O)(=O)c1cnc(Cl)c(Cl)c1)c1ccccc1. The molecule has 112 valence electrons. The van der Waals surface area contributed by atoms with E-state index in [1.54, 1.807) is 0 Å². The Balaban J connectivity index is 2.09. The van der Waals surface area contributed by atoms with Crippen molar-refractivity contribution in [1.82, 2.24) is 9.71 Å². The van der Waals surface area contributed by atoms with Gasteiger partial charge in [-0.3, -0.25) is 0 Å². The summed E-state index contributed by atoms with van der Waals surface area (Å²) >= 11 is 11.5. The summed E-state index contributed by atoms with van der Waals surface area (Å²) in [4.78, 5) is 3.74. The molecule has 0 radical (unpaired) electrons. The summed E-state index contributed by atoms with van der Waals surface area (Å²) in [7, 11) is -3.66. The van der Waals surface area contributed by atoms with Crippen LogP contribution in [-0.4, -0.2) is 19.9 Å². The van der Waals surface area contributed by atoms with Crippen LogP contribution in [0.1, 0.15) is 18.4 Å². The zero-order chi connectivity index (χ0) is 15.5. The predicted molar refractivity (Wildman–Crippen MR) is 84.3 cm³/mol. The van der Waals surface area contributed by atoms with Crippen molar-refractivity contribution in [3.63, 3.8) is 0 Å². The third-order valence-electron chi connectivity index (χ3n) is 3.03. The number of aromatic nitrogens is 1. The van der Waals surface area contributed by atoms with Crippen molar-refractivity contribution >= 4 is 33.2 Å². The third-order valence-corrected chi connectivity index (χ3v) is 5.11. The Bertz CT molecular complexity index is 721. The minimum absolute atomic E-state index is 0.00263. The molecule has 2 aromatic rings. The molecule has 0 aliphatic heterocycles. The van der Waals surface area contributed by atoms with Gasteiger partial charge in [-0.05, 0) is 17.5 Å². The Labute approximate surface area is 134 Å². The number of hydrogen-bond acceptors (Lipinski definition) is 3. The number of halogens is 2. The van der Waals surface area contributed by atoms with Crippen molar-refractivity contribution in [2.24, 2.45) is 0 Å². The first-order valence-corrected chi connectivity index (χ1v) is 8.49. The average molecular weight is 345 g/mol. The monoisotopic (exact) mass is 344 g/mol. The highest BCUT2D eigenvalue weighted by molar-refractivity contribution is 7.89. The van der Waals surface area contributed by atoms with Crippen LogP contribution in [-0.2, 0) is 10.0 Å². The highest BCUT2D eigenvalue weighted by Crippen LogP contribution is 2.22. The zero-order valence-electron chi connectivity index (χ0n) is 11.3. The van der Waals surface area contributed by atoms with Crippen LogP contribution in [0.2, 0.25) is 10.2 Å². The zero-order valence-corrected chi connectivity index (χ0v) is 13.6. The summed E-state index contributed by atoms with van der Waals surface area (Å²) in [5, 5.41) is 0.184. The number of rotatable bonds is 5. The van der Waals surface area contributed by atoms with Crippen LogP contribution in [0.5, 0.6) is 0 Å². The molecule has 0 spiro atoms. The number of pyridine rings is 1. The number of hydrogen-bond donors (Lipinski definition) is 1. The molecule has 1 aromatic carbocycles. The van der Waals surface area contributed by atoms with Gasteiger partial charge in [-0.15, -0.1) is 0 Å². The van der Waals surface area contributed by atoms with Gasteiger partial charge in [0.2, 0.25) is 10.0 Å². The maximum atomic E-state index is 12.2. The summed E-state index contributed by atoms with van der Waals surface area (Å²) in [6.45, 7) is 2.23. The first-order chi connectivity index (χ1) is 9.90. The van der Waals surface area contributed by atoms with Crippen molar-refractivity contribution in [1.29, 1.82) is 0 Å². The Kier molecular flexibility index (Phi) is 5.22. The number of sulfonamides is 1. The van der Waals surface area contributed by atoms with E-state index >= 15 is 0 Å². The van der Waals surface area contributed by atoms with Crippen LogP contribution in [0.15, 0.2) is 47.5 Å². The molecule has 1 atom stereocenters. The van der Waals surface area contributed by atoms with Crippen molar-refractivity contribution in [2.45, 2.75) is 17.7 Å². The summed E-state index contributed by atoms with van der Waals surface area (Å²) in [6, 6.07) is 11.0. The van der Waals surface area contributed by atoms with Crippen molar-refractivity contribution < 1.29 is 8.42 Å². The van der Waals surface area contributed by atoms with E-state index in [4.69, 9.17) is 23.2 Å². The summed E-state index contributed by atoms with van der Waals surface area (Å²) in [5.41, 5.74) is 1.06. The maximum Gasteiger partial charge on any atom is 0.242 e. The molecule has 0 aliphatic rings. The lowest BCUT2D eigenvalue weighted by Gasteiger charge is -2.13. The van der Waals surface area contributed by atoms with Gasteiger partial charge >= 0.3 is 0 Å². The fraction of sp³-hybridized carbons (Fsp3) is 0.214. The number of nitrogens with one attached hydrogen (secondary N) is 1. The van der Waals surface area contributed by atoms with Crippen LogP contribution in [0.25, 0.3) is 0 Å². The van der Waals surface area contributed by atoms with E-state index in [1.165, 1.54) is 12.3 Å². The fourth-order valence-electron chi connectivity index (χ4n) is 1.77. The highest BCUT2D eigenvalue weighted by Gasteiger charge is 2.17. The Morgan fingerprint density at radius 3 is 2.52 bits per heavy atom. The number of nitrogens with zero attached hydrogens (tertiary/aromatic N) is 1. The van der Waals surface area contributed by atoms with Gasteiger partial charge in [0.25, 0.3) is 0 Å². The molecule has 1 aromatic heterocycles. The molecule has 0 bridgehead atoms. The molecule has 1 heterocycles. The molecule has 7 heteroatoms. The van der Waals surface area contributed by atoms with Crippen LogP contribution in [0.3, 0.4) is 0 Å². The molecule has 0 saturated carbocycles. The van der Waals surface area contributed by atoms with Crippen LogP contribution >= 0.6 is 23.2 Å². The van der Waals surface area contributed by atoms with Crippen LogP contribution in [0.4, 0.5) is 0 Å². The van der Waals surface area contributed by atoms with Crippen LogP contribution < -0.4 is 4.72 Å². The van der Waals surface area contributed by atoms with E-state index < -0.39 is 10.0 Å². The quantitative estimate of drug-likeness (QED) is 0.844. The topological polar surface area (TPSA) is 59.1 Å². The van der Waals surface area contributed by atoms with Crippen molar-refractivity contribution in [3.05, 3.63) is 58.3 Å². The molecule has 21 heavy (non-hydrogen) atoms. The average Bonchev–Trinajstić information content (AvgIpc) is 2.48. The highest BCUT2D eigenvalue weighted by atomic mass is 35.5. The third kappa shape index (κ3) is 4.17. The van der Waals surface area contributed by atoms with Gasteiger partial charge in [0, 0.05) is 12.7 Å². The first kappa shape index (κ1) is 16.2. The van der Waals surface area contributed by atoms with E-state index in [0.29, 0.717) is 0 Å². The van der Waals surface area contributed by atoms with Gasteiger partial charge in [-0.2, -0.15) is 0 Å². The second-order valence-electron chi connectivity index (χ2n) is 4.61. The van der Waals surface area contributed by atoms with Gasteiger partial charge in [0.15, 0.2) is 0 Å². The van der Waals surface area contributed by atoms with E-state index in [0.717, 1.165) is 5.56 Å². The summed E-state index contributed by atoms with van der Waals surface area (Å²) < 4.78 is 26.9. The lowest BCUT2D eigenvalue weighted by molar-refractivity contribution is 0.574. The molecule has 1 unspecified atom stereocenters. The van der Waals surface area contributed by atoms with E-state index in [2.05, 4.69) is 9.71 Å². The maximum absolute atomic E-state index is 12.2. The van der Waals surface area contributed by atoms with E-state index in [9.17, 15) is 8.42 Å². The normalized spacial score (nSPS) is 13.1. The largest absolute Gasteiger partial charge is 0.242 e. The molecule has 0 saturated heterocycles. The second kappa shape index (κ2) is 6.75. The summed E-state index contributed by atoms with van der Waals surface area (Å²) in [5.74, 6) is 0.0525. The fourth-order valence-corrected chi connectivity index (χ4v) is 3.20. The van der Waals surface area contributed by atoms with E-state index in [-0.39, 0.29) is 27.5 Å². The Morgan fingerprint density at radius 1 is 1.24 bits per heavy atom. The van der Waals surface area contributed by atoms with Gasteiger partial charge in [-0.25, -0.2) is 18.1 Å². The smallest absolute Gasteiger partial charge is 0.242 e. The summed E-state index contributed by atoms with van der Waals surface area (Å²) in [6.07, 6.45) is 1.18. The molecular formula is C14H14Cl2N2O2S. The second-order valence-corrected chi connectivity index (χ2v) is 7.14. The number of benzene rings is 1. The molecule has 0 aliphatic carbocycles. The minimum atomic E-state index is -3.66.